The molecule has 0 amide bonds. The number of hydrogen-bond donors (Lipinski definition) is 1. The van der Waals surface area contributed by atoms with Crippen molar-refractivity contribution in [1.29, 1.82) is 0 Å². The molecule has 0 aromatic heterocycles. The van der Waals surface area contributed by atoms with E-state index in [2.05, 4.69) is 6.92 Å². The van der Waals surface area contributed by atoms with Crippen LogP contribution in [0.1, 0.15) is 104 Å². The summed E-state index contributed by atoms with van der Waals surface area (Å²) in [4.78, 5) is 23.5. The van der Waals surface area contributed by atoms with Crippen molar-refractivity contribution in [3.05, 3.63) is 0 Å². The van der Waals surface area contributed by atoms with E-state index in [1.54, 1.807) is 0 Å². The number of carbonyl (C=O) groups excluding carboxylic acids is 2. The van der Waals surface area contributed by atoms with Gasteiger partial charge in [-0.15, -0.1) is 0 Å². The molecule has 0 fully saturated rings. The van der Waals surface area contributed by atoms with Crippen molar-refractivity contribution in [3.63, 3.8) is 0 Å². The van der Waals surface area contributed by atoms with Gasteiger partial charge in [-0.05, 0) is 12.8 Å². The average molecular weight is 528 g/mol. The van der Waals surface area contributed by atoms with Crippen molar-refractivity contribution in [2.45, 2.75) is 108 Å². The summed E-state index contributed by atoms with van der Waals surface area (Å²) in [5.74, 6) is -5.68. The summed E-state index contributed by atoms with van der Waals surface area (Å²) < 4.78 is 30.9. The number of carbonyl (C=O) groups is 2. The van der Waals surface area contributed by atoms with Gasteiger partial charge in [0.1, 0.15) is 4.75 Å². The third kappa shape index (κ3) is 10.4. The SMILES string of the molecule is CCCCCCCCC(C(=O)[O-])C(CCCCCCCC)(C(=O)[O-])S(=O)(=O)O.[Ag]. The van der Waals surface area contributed by atoms with Gasteiger partial charge in [0, 0.05) is 34.3 Å². The molecule has 2 unspecified atom stereocenters. The van der Waals surface area contributed by atoms with E-state index in [1.807, 2.05) is 6.92 Å². The van der Waals surface area contributed by atoms with Crippen LogP contribution in [0.15, 0.2) is 0 Å². The first-order valence-electron chi connectivity index (χ1n) is 10.5. The van der Waals surface area contributed by atoms with Crippen LogP contribution in [0.5, 0.6) is 0 Å². The molecule has 7 nitrogen and oxygen atoms in total. The van der Waals surface area contributed by atoms with Crippen LogP contribution < -0.4 is 10.2 Å². The summed E-state index contributed by atoms with van der Waals surface area (Å²) in [6.45, 7) is 4.11. The van der Waals surface area contributed by atoms with Gasteiger partial charge in [0.2, 0.25) is 0 Å². The fraction of sp³-hybridized carbons (Fsp3) is 0.900. The van der Waals surface area contributed by atoms with Crippen LogP contribution in [0, 0.1) is 5.92 Å². The molecule has 0 aromatic carbocycles. The zero-order valence-corrected chi connectivity index (χ0v) is 19.9. The number of rotatable bonds is 18. The minimum absolute atomic E-state index is 0. The zero-order chi connectivity index (χ0) is 21.6. The molecule has 0 rings (SSSR count). The average Bonchev–Trinajstić information content (AvgIpc) is 2.60. The van der Waals surface area contributed by atoms with Crippen LogP contribution in [0.25, 0.3) is 0 Å². The Balaban J connectivity index is 0. The van der Waals surface area contributed by atoms with E-state index in [-0.39, 0.29) is 35.2 Å². The minimum Gasteiger partial charge on any atom is -0.550 e. The molecule has 0 heterocycles. The van der Waals surface area contributed by atoms with Gasteiger partial charge in [-0.25, -0.2) is 0 Å². The summed E-state index contributed by atoms with van der Waals surface area (Å²) in [5.41, 5.74) is 0. The van der Waals surface area contributed by atoms with E-state index in [0.29, 0.717) is 19.3 Å². The van der Waals surface area contributed by atoms with Gasteiger partial charge < -0.3 is 19.8 Å². The quantitative estimate of drug-likeness (QED) is 0.164. The Kier molecular flexibility index (Phi) is 17.3. The second-order valence-electron chi connectivity index (χ2n) is 7.60. The molecule has 2 atom stereocenters. The molecule has 1 radical (unpaired) electrons. The molecule has 177 valence electrons. The van der Waals surface area contributed by atoms with Crippen LogP contribution in [0.4, 0.5) is 0 Å². The number of unbranched alkanes of at least 4 members (excludes halogenated alkanes) is 10. The Morgan fingerprint density at radius 2 is 1.24 bits per heavy atom. The van der Waals surface area contributed by atoms with Crippen LogP contribution >= 0.6 is 0 Å². The van der Waals surface area contributed by atoms with Crippen LogP contribution in [-0.4, -0.2) is 29.7 Å². The summed E-state index contributed by atoms with van der Waals surface area (Å²) in [5, 5.41) is 23.5. The molecule has 1 N–H and O–H groups in total. The molecular formula is C20H36AgO7S-2. The Morgan fingerprint density at radius 3 is 1.62 bits per heavy atom. The van der Waals surface area contributed by atoms with Crippen molar-refractivity contribution >= 4 is 22.1 Å². The smallest absolute Gasteiger partial charge is 0.276 e. The number of aliphatic carboxylic acids is 2. The van der Waals surface area contributed by atoms with Gasteiger partial charge in [-0.2, -0.15) is 8.42 Å². The Morgan fingerprint density at radius 1 is 0.828 bits per heavy atom. The molecule has 0 aliphatic carbocycles. The molecule has 0 aliphatic heterocycles. The van der Waals surface area contributed by atoms with Crippen LogP contribution in [0.3, 0.4) is 0 Å². The molecule has 0 spiro atoms. The van der Waals surface area contributed by atoms with Crippen molar-refractivity contribution in [3.8, 4) is 0 Å². The van der Waals surface area contributed by atoms with E-state index >= 15 is 0 Å². The van der Waals surface area contributed by atoms with Gasteiger partial charge in [0.25, 0.3) is 10.1 Å². The topological polar surface area (TPSA) is 135 Å². The van der Waals surface area contributed by atoms with Crippen LogP contribution in [-0.2, 0) is 42.1 Å². The fourth-order valence-corrected chi connectivity index (χ4v) is 4.86. The second kappa shape index (κ2) is 16.3. The maximum atomic E-state index is 12.0. The van der Waals surface area contributed by atoms with Gasteiger partial charge in [0.05, 0.1) is 5.97 Å². The fourth-order valence-electron chi connectivity index (χ4n) is 3.67. The maximum absolute atomic E-state index is 12.0. The van der Waals surface area contributed by atoms with E-state index in [9.17, 15) is 32.8 Å². The Hall–Kier alpha value is -0.410. The largest absolute Gasteiger partial charge is 0.550 e. The van der Waals surface area contributed by atoms with E-state index in [4.69, 9.17) is 0 Å². The predicted molar refractivity (Wildman–Crippen MR) is 104 cm³/mol. The monoisotopic (exact) mass is 527 g/mol. The molecule has 0 saturated heterocycles. The Bertz CT molecular complexity index is 565. The first-order valence-corrected chi connectivity index (χ1v) is 12.0. The maximum Gasteiger partial charge on any atom is 0.276 e. The molecular weight excluding hydrogens is 492 g/mol. The van der Waals surface area contributed by atoms with Gasteiger partial charge >= 0.3 is 0 Å². The van der Waals surface area contributed by atoms with E-state index in [0.717, 1.165) is 51.4 Å². The summed E-state index contributed by atoms with van der Waals surface area (Å²) in [7, 11) is -5.20. The summed E-state index contributed by atoms with van der Waals surface area (Å²) in [6.07, 6.45) is 8.78. The van der Waals surface area contributed by atoms with Gasteiger partial charge in [0.15, 0.2) is 0 Å². The zero-order valence-electron chi connectivity index (χ0n) is 17.6. The molecule has 0 aromatic rings. The first kappa shape index (κ1) is 30.8. The number of carboxylic acid groups (broad SMARTS) is 2. The number of hydrogen-bond acceptors (Lipinski definition) is 6. The van der Waals surface area contributed by atoms with Crippen molar-refractivity contribution in [2.75, 3.05) is 0 Å². The summed E-state index contributed by atoms with van der Waals surface area (Å²) in [6, 6.07) is 0. The third-order valence-corrected chi connectivity index (χ3v) is 6.98. The minimum atomic E-state index is -5.20. The van der Waals surface area contributed by atoms with Crippen molar-refractivity contribution in [1.82, 2.24) is 0 Å². The van der Waals surface area contributed by atoms with E-state index < -0.39 is 39.1 Å². The van der Waals surface area contributed by atoms with Gasteiger partial charge in [-0.1, -0.05) is 90.9 Å². The molecule has 0 aliphatic rings. The normalized spacial score (nSPS) is 14.6. The van der Waals surface area contributed by atoms with E-state index in [1.165, 1.54) is 0 Å². The van der Waals surface area contributed by atoms with Crippen LogP contribution in [0.2, 0.25) is 0 Å². The number of carboxylic acids is 2. The van der Waals surface area contributed by atoms with Gasteiger partial charge in [-0.3, -0.25) is 4.55 Å². The second-order valence-corrected chi connectivity index (χ2v) is 9.28. The first-order chi connectivity index (χ1) is 13.1. The standard InChI is InChI=1S/C20H38O7S.Ag/c1-3-5-7-9-11-13-15-17(18(21)22)20(19(23)24,28(25,26)27)16-14-12-10-8-6-4-2;/h17H,3-16H2,1-2H3,(H,21,22)(H,23,24)(H,25,26,27);/p-2. The molecule has 9 heteroatoms. The molecule has 0 saturated carbocycles. The van der Waals surface area contributed by atoms with Crippen molar-refractivity contribution in [2.24, 2.45) is 5.92 Å². The molecule has 0 bridgehead atoms. The Labute approximate surface area is 191 Å². The molecule has 29 heavy (non-hydrogen) atoms. The van der Waals surface area contributed by atoms with Crippen molar-refractivity contribution < 1.29 is 55.2 Å². The summed E-state index contributed by atoms with van der Waals surface area (Å²) >= 11 is 0. The predicted octanol–water partition coefficient (Wildman–Crippen LogP) is 2.23. The third-order valence-electron chi connectivity index (χ3n) is 5.40.